The average Bonchev–Trinajstić information content (AvgIpc) is 2.16. The Hall–Kier alpha value is -1.35. The largest absolute Gasteiger partial charge is 0.396 e. The first-order valence-corrected chi connectivity index (χ1v) is 4.70. The van der Waals surface area contributed by atoms with Crippen molar-refractivity contribution in [2.24, 2.45) is 0 Å². The van der Waals surface area contributed by atoms with Gasteiger partial charge in [-0.2, -0.15) is 0 Å². The molecule has 0 aromatic heterocycles. The number of carbonyl (C=O) groups is 1. The van der Waals surface area contributed by atoms with Gasteiger partial charge in [-0.15, -0.1) is 0 Å². The molecule has 76 valence electrons. The molecule has 0 aliphatic heterocycles. The molecule has 1 aromatic carbocycles. The third kappa shape index (κ3) is 3.18. The average molecular weight is 193 g/mol. The summed E-state index contributed by atoms with van der Waals surface area (Å²) in [6, 6.07) is 7.64. The van der Waals surface area contributed by atoms with Gasteiger partial charge in [0.15, 0.2) is 0 Å². The molecule has 0 radical (unpaired) electrons. The van der Waals surface area contributed by atoms with Gasteiger partial charge in [0.25, 0.3) is 0 Å². The maximum Gasteiger partial charge on any atom is 0.221 e. The van der Waals surface area contributed by atoms with Crippen molar-refractivity contribution < 1.29 is 9.90 Å². The lowest BCUT2D eigenvalue weighted by molar-refractivity contribution is -0.114. The zero-order valence-electron chi connectivity index (χ0n) is 8.29. The van der Waals surface area contributed by atoms with Gasteiger partial charge in [0, 0.05) is 19.2 Å². The maximum absolute atomic E-state index is 10.9. The van der Waals surface area contributed by atoms with E-state index in [1.807, 2.05) is 24.3 Å². The summed E-state index contributed by atoms with van der Waals surface area (Å²) in [4.78, 5) is 10.9. The van der Waals surface area contributed by atoms with Gasteiger partial charge in [-0.25, -0.2) is 0 Å². The zero-order valence-corrected chi connectivity index (χ0v) is 8.29. The molecule has 1 aromatic rings. The van der Waals surface area contributed by atoms with E-state index in [9.17, 15) is 4.79 Å². The number of aryl methyl sites for hydroxylation is 1. The monoisotopic (exact) mass is 193 g/mol. The van der Waals surface area contributed by atoms with Crippen LogP contribution < -0.4 is 5.32 Å². The minimum atomic E-state index is -0.0681. The molecule has 0 aliphatic carbocycles. The van der Waals surface area contributed by atoms with Crippen molar-refractivity contribution in [2.45, 2.75) is 19.8 Å². The third-order valence-electron chi connectivity index (χ3n) is 1.93. The normalized spacial score (nSPS) is 9.86. The molecule has 0 saturated heterocycles. The van der Waals surface area contributed by atoms with E-state index in [4.69, 9.17) is 5.11 Å². The quantitative estimate of drug-likeness (QED) is 0.762. The van der Waals surface area contributed by atoms with E-state index in [1.54, 1.807) is 0 Å². The first-order valence-electron chi connectivity index (χ1n) is 4.70. The van der Waals surface area contributed by atoms with Crippen molar-refractivity contribution in [3.8, 4) is 0 Å². The van der Waals surface area contributed by atoms with Gasteiger partial charge < -0.3 is 10.4 Å². The van der Waals surface area contributed by atoms with Gasteiger partial charge in [-0.05, 0) is 24.5 Å². The highest BCUT2D eigenvalue weighted by Crippen LogP contribution is 2.16. The fourth-order valence-electron chi connectivity index (χ4n) is 1.32. The molecule has 0 fully saturated rings. The Labute approximate surface area is 83.8 Å². The highest BCUT2D eigenvalue weighted by atomic mass is 16.2. The number of amides is 1. The van der Waals surface area contributed by atoms with Gasteiger partial charge in [-0.1, -0.05) is 18.2 Å². The molecule has 1 amide bonds. The van der Waals surface area contributed by atoms with Crippen LogP contribution in [0.2, 0.25) is 0 Å². The molecule has 0 atom stereocenters. The van der Waals surface area contributed by atoms with Gasteiger partial charge in [0.1, 0.15) is 0 Å². The number of benzene rings is 1. The van der Waals surface area contributed by atoms with Crippen LogP contribution in [0.4, 0.5) is 5.69 Å². The predicted octanol–water partition coefficient (Wildman–Crippen LogP) is 1.57. The van der Waals surface area contributed by atoms with Gasteiger partial charge >= 0.3 is 0 Å². The number of anilines is 1. The summed E-state index contributed by atoms with van der Waals surface area (Å²) < 4.78 is 0. The topological polar surface area (TPSA) is 49.3 Å². The molecule has 1 rings (SSSR count). The summed E-state index contributed by atoms with van der Waals surface area (Å²) in [5, 5.41) is 11.5. The summed E-state index contributed by atoms with van der Waals surface area (Å²) in [6.07, 6.45) is 1.50. The van der Waals surface area contributed by atoms with Crippen molar-refractivity contribution in [3.05, 3.63) is 29.8 Å². The second kappa shape index (κ2) is 5.40. The highest BCUT2D eigenvalue weighted by molar-refractivity contribution is 5.89. The zero-order chi connectivity index (χ0) is 10.4. The predicted molar refractivity (Wildman–Crippen MR) is 56.2 cm³/mol. The Kier molecular flexibility index (Phi) is 4.13. The van der Waals surface area contributed by atoms with E-state index in [0.29, 0.717) is 0 Å². The van der Waals surface area contributed by atoms with Gasteiger partial charge in [0.2, 0.25) is 5.91 Å². The third-order valence-corrected chi connectivity index (χ3v) is 1.93. The second-order valence-electron chi connectivity index (χ2n) is 3.17. The van der Waals surface area contributed by atoms with Crippen LogP contribution in [0.15, 0.2) is 24.3 Å². The van der Waals surface area contributed by atoms with Crippen LogP contribution in [0.3, 0.4) is 0 Å². The van der Waals surface area contributed by atoms with Crippen molar-refractivity contribution in [3.63, 3.8) is 0 Å². The van der Waals surface area contributed by atoms with Crippen LogP contribution in [0.1, 0.15) is 18.9 Å². The molecule has 0 saturated carbocycles. The molecule has 14 heavy (non-hydrogen) atoms. The summed E-state index contributed by atoms with van der Waals surface area (Å²) in [6.45, 7) is 1.66. The number of rotatable bonds is 4. The number of carbonyl (C=O) groups excluding carboxylic acids is 1. The van der Waals surface area contributed by atoms with E-state index >= 15 is 0 Å². The SMILES string of the molecule is CC(=O)Nc1ccccc1CCCO. The number of hydrogen-bond donors (Lipinski definition) is 2. The molecular weight excluding hydrogens is 178 g/mol. The minimum Gasteiger partial charge on any atom is -0.396 e. The standard InChI is InChI=1S/C11H15NO2/c1-9(14)12-11-7-3-2-5-10(11)6-4-8-13/h2-3,5,7,13H,4,6,8H2,1H3,(H,12,14). The minimum absolute atomic E-state index is 0.0681. The first-order chi connectivity index (χ1) is 6.74. The number of hydrogen-bond acceptors (Lipinski definition) is 2. The number of para-hydroxylation sites is 1. The number of aliphatic hydroxyl groups excluding tert-OH is 1. The van der Waals surface area contributed by atoms with Gasteiger partial charge in [0.05, 0.1) is 0 Å². The van der Waals surface area contributed by atoms with Crippen molar-refractivity contribution in [1.82, 2.24) is 0 Å². The summed E-state index contributed by atoms with van der Waals surface area (Å²) in [5.74, 6) is -0.0681. The molecule has 2 N–H and O–H groups in total. The second-order valence-corrected chi connectivity index (χ2v) is 3.17. The lowest BCUT2D eigenvalue weighted by Gasteiger charge is -2.08. The van der Waals surface area contributed by atoms with Crippen molar-refractivity contribution in [2.75, 3.05) is 11.9 Å². The van der Waals surface area contributed by atoms with Crippen LogP contribution in [0.25, 0.3) is 0 Å². The summed E-state index contributed by atoms with van der Waals surface area (Å²) in [7, 11) is 0. The van der Waals surface area contributed by atoms with Crippen molar-refractivity contribution >= 4 is 11.6 Å². The van der Waals surface area contributed by atoms with Crippen LogP contribution >= 0.6 is 0 Å². The highest BCUT2D eigenvalue weighted by Gasteiger charge is 2.01. The molecule has 0 spiro atoms. The maximum atomic E-state index is 10.9. The fourth-order valence-corrected chi connectivity index (χ4v) is 1.32. The Bertz CT molecular complexity index is 310. The summed E-state index contributed by atoms with van der Waals surface area (Å²) >= 11 is 0. The molecular formula is C11H15NO2. The Morgan fingerprint density at radius 2 is 2.14 bits per heavy atom. The van der Waals surface area contributed by atoms with Crippen LogP contribution in [-0.4, -0.2) is 17.6 Å². The summed E-state index contributed by atoms with van der Waals surface area (Å²) in [5.41, 5.74) is 1.91. The van der Waals surface area contributed by atoms with Crippen LogP contribution in [0.5, 0.6) is 0 Å². The van der Waals surface area contributed by atoms with Crippen LogP contribution in [-0.2, 0) is 11.2 Å². The lowest BCUT2D eigenvalue weighted by atomic mass is 10.1. The van der Waals surface area contributed by atoms with E-state index in [2.05, 4.69) is 5.32 Å². The van der Waals surface area contributed by atoms with E-state index in [0.717, 1.165) is 24.1 Å². The molecule has 3 nitrogen and oxygen atoms in total. The Balaban J connectivity index is 2.74. The van der Waals surface area contributed by atoms with E-state index < -0.39 is 0 Å². The van der Waals surface area contributed by atoms with E-state index in [1.165, 1.54) is 6.92 Å². The molecule has 0 unspecified atom stereocenters. The molecule has 0 heterocycles. The smallest absolute Gasteiger partial charge is 0.221 e. The van der Waals surface area contributed by atoms with Gasteiger partial charge in [-0.3, -0.25) is 4.79 Å². The van der Waals surface area contributed by atoms with Crippen molar-refractivity contribution in [1.29, 1.82) is 0 Å². The molecule has 0 aliphatic rings. The fraction of sp³-hybridized carbons (Fsp3) is 0.364. The van der Waals surface area contributed by atoms with Crippen LogP contribution in [0, 0.1) is 0 Å². The number of aliphatic hydroxyl groups is 1. The Morgan fingerprint density at radius 3 is 2.79 bits per heavy atom. The lowest BCUT2D eigenvalue weighted by Crippen LogP contribution is -2.08. The Morgan fingerprint density at radius 1 is 1.43 bits per heavy atom. The molecule has 3 heteroatoms. The first kappa shape index (κ1) is 10.7. The van der Waals surface area contributed by atoms with E-state index in [-0.39, 0.29) is 12.5 Å². The number of nitrogens with one attached hydrogen (secondary N) is 1. The molecule has 0 bridgehead atoms.